The Morgan fingerprint density at radius 1 is 0.931 bits per heavy atom. The van der Waals surface area contributed by atoms with Gasteiger partial charge in [0.25, 0.3) is 5.56 Å². The quantitative estimate of drug-likeness (QED) is 0.522. The zero-order valence-electron chi connectivity index (χ0n) is 16.5. The van der Waals surface area contributed by atoms with Gasteiger partial charge in [0.05, 0.1) is 11.0 Å². The van der Waals surface area contributed by atoms with E-state index in [1.54, 1.807) is 4.57 Å². The molecule has 0 bridgehead atoms. The van der Waals surface area contributed by atoms with Crippen LogP contribution in [0.5, 0.6) is 0 Å². The lowest BCUT2D eigenvalue weighted by Gasteiger charge is -2.14. The molecule has 0 radical (unpaired) electrons. The van der Waals surface area contributed by atoms with E-state index in [0.717, 1.165) is 11.0 Å². The number of carbonyl (C=O) groups is 1. The van der Waals surface area contributed by atoms with Gasteiger partial charge in [0.15, 0.2) is 0 Å². The molecular weight excluding hydrogens is 362 g/mol. The van der Waals surface area contributed by atoms with Crippen molar-refractivity contribution in [2.45, 2.75) is 32.2 Å². The normalized spacial score (nSPS) is 12.3. The highest BCUT2D eigenvalue weighted by atomic mass is 16.1. The van der Waals surface area contributed by atoms with Crippen LogP contribution in [0, 0.1) is 0 Å². The number of fused-ring (bicyclic) bond motifs is 3. The zero-order valence-corrected chi connectivity index (χ0v) is 16.5. The summed E-state index contributed by atoms with van der Waals surface area (Å²) in [5, 5.41) is 3.01. The minimum absolute atomic E-state index is 0.0215. The molecule has 2 aromatic heterocycles. The Labute approximate surface area is 169 Å². The summed E-state index contributed by atoms with van der Waals surface area (Å²) >= 11 is 0. The van der Waals surface area contributed by atoms with Crippen molar-refractivity contribution in [2.75, 3.05) is 6.54 Å². The van der Waals surface area contributed by atoms with Gasteiger partial charge in [-0.25, -0.2) is 0 Å². The minimum atomic E-state index is -0.0215. The first kappa shape index (κ1) is 19.0. The summed E-state index contributed by atoms with van der Waals surface area (Å²) in [6.45, 7) is 3.23. The number of nitrogens with one attached hydrogen (secondary N) is 1. The van der Waals surface area contributed by atoms with Gasteiger partial charge in [0.2, 0.25) is 5.91 Å². The van der Waals surface area contributed by atoms with Crippen molar-refractivity contribution in [1.82, 2.24) is 14.3 Å². The van der Waals surface area contributed by atoms with Gasteiger partial charge in [-0.15, -0.1) is 0 Å². The molecule has 5 nitrogen and oxygen atoms in total. The van der Waals surface area contributed by atoms with Crippen LogP contribution in [0.4, 0.5) is 0 Å². The highest BCUT2D eigenvalue weighted by molar-refractivity contribution is 5.79. The Hall–Kier alpha value is -3.34. The van der Waals surface area contributed by atoms with Gasteiger partial charge in [-0.3, -0.25) is 9.59 Å². The van der Waals surface area contributed by atoms with Gasteiger partial charge < -0.3 is 14.3 Å². The van der Waals surface area contributed by atoms with Crippen LogP contribution in [0.3, 0.4) is 0 Å². The number of nitrogens with zero attached hydrogens (tertiary/aromatic N) is 2. The van der Waals surface area contributed by atoms with Crippen molar-refractivity contribution in [3.05, 3.63) is 88.8 Å². The lowest BCUT2D eigenvalue weighted by atomic mass is 10.0. The monoisotopic (exact) mass is 387 g/mol. The van der Waals surface area contributed by atoms with E-state index in [4.69, 9.17) is 0 Å². The van der Waals surface area contributed by atoms with Gasteiger partial charge in [0.1, 0.15) is 5.52 Å². The number of hydrogen-bond acceptors (Lipinski definition) is 2. The van der Waals surface area contributed by atoms with E-state index in [9.17, 15) is 9.59 Å². The lowest BCUT2D eigenvalue weighted by molar-refractivity contribution is -0.121. The van der Waals surface area contributed by atoms with Gasteiger partial charge in [-0.2, -0.15) is 0 Å². The molecule has 0 aliphatic carbocycles. The molecule has 0 aliphatic heterocycles. The molecule has 0 spiro atoms. The van der Waals surface area contributed by atoms with E-state index in [0.29, 0.717) is 31.4 Å². The molecule has 148 valence electrons. The van der Waals surface area contributed by atoms with Crippen molar-refractivity contribution in [2.24, 2.45) is 0 Å². The molecule has 4 aromatic rings. The zero-order chi connectivity index (χ0) is 20.2. The third-order valence-electron chi connectivity index (χ3n) is 5.40. The minimum Gasteiger partial charge on any atom is -0.356 e. The molecule has 5 heteroatoms. The van der Waals surface area contributed by atoms with Crippen molar-refractivity contribution in [3.63, 3.8) is 0 Å². The SMILES string of the molecule is C[C@@H](CNC(=O)CCCn1c(=O)c2cccn2c2ccccc21)c1ccccc1. The second kappa shape index (κ2) is 8.35. The van der Waals surface area contributed by atoms with Gasteiger partial charge >= 0.3 is 0 Å². The number of carbonyl (C=O) groups excluding carboxylic acids is 1. The van der Waals surface area contributed by atoms with E-state index >= 15 is 0 Å². The van der Waals surface area contributed by atoms with Crippen LogP contribution >= 0.6 is 0 Å². The third-order valence-corrected chi connectivity index (χ3v) is 5.40. The Morgan fingerprint density at radius 2 is 1.62 bits per heavy atom. The Bertz CT molecular complexity index is 1190. The van der Waals surface area contributed by atoms with Crippen LogP contribution in [0.15, 0.2) is 77.7 Å². The maximum Gasteiger partial charge on any atom is 0.275 e. The first-order chi connectivity index (χ1) is 14.1. The van der Waals surface area contributed by atoms with E-state index in [2.05, 4.69) is 24.4 Å². The maximum atomic E-state index is 12.9. The number of rotatable bonds is 7. The fraction of sp³-hybridized carbons (Fsp3) is 0.250. The molecule has 1 N–H and O–H groups in total. The summed E-state index contributed by atoms with van der Waals surface area (Å²) in [5.41, 5.74) is 3.73. The molecular formula is C24H25N3O2. The van der Waals surface area contributed by atoms with Crippen LogP contribution in [-0.2, 0) is 11.3 Å². The van der Waals surface area contributed by atoms with Crippen molar-refractivity contribution in [3.8, 4) is 0 Å². The summed E-state index contributed by atoms with van der Waals surface area (Å²) in [7, 11) is 0. The molecule has 0 saturated heterocycles. The average Bonchev–Trinajstić information content (AvgIpc) is 3.25. The Kier molecular flexibility index (Phi) is 5.47. The highest BCUT2D eigenvalue weighted by Crippen LogP contribution is 2.16. The molecule has 0 unspecified atom stereocenters. The first-order valence-corrected chi connectivity index (χ1v) is 10.1. The molecule has 1 atom stereocenters. The van der Waals surface area contributed by atoms with Crippen LogP contribution in [0.1, 0.15) is 31.2 Å². The highest BCUT2D eigenvalue weighted by Gasteiger charge is 2.11. The molecule has 0 fully saturated rings. The number of hydrogen-bond donors (Lipinski definition) is 1. The average molecular weight is 387 g/mol. The Morgan fingerprint density at radius 3 is 2.41 bits per heavy atom. The molecule has 29 heavy (non-hydrogen) atoms. The number of amides is 1. The predicted octanol–water partition coefficient (Wildman–Crippen LogP) is 3.95. The molecule has 4 rings (SSSR count). The predicted molar refractivity (Wildman–Crippen MR) is 116 cm³/mol. The van der Waals surface area contributed by atoms with Crippen LogP contribution < -0.4 is 10.9 Å². The molecule has 2 aromatic carbocycles. The fourth-order valence-corrected chi connectivity index (χ4v) is 3.78. The standard InChI is InChI=1S/C24H25N3O2/c1-18(19-9-3-2-4-10-19)17-25-23(28)14-8-16-27-21-12-6-5-11-20(21)26-15-7-13-22(26)24(27)29/h2-7,9-13,15,18H,8,14,16-17H2,1H3,(H,25,28)/t18-/m0/s1. The number of aromatic nitrogens is 2. The Balaban J connectivity index is 1.40. The topological polar surface area (TPSA) is 55.5 Å². The van der Waals surface area contributed by atoms with Gasteiger partial charge in [-0.05, 0) is 42.2 Å². The summed E-state index contributed by atoms with van der Waals surface area (Å²) < 4.78 is 3.70. The summed E-state index contributed by atoms with van der Waals surface area (Å²) in [5.74, 6) is 0.289. The van der Waals surface area contributed by atoms with E-state index in [1.165, 1.54) is 5.56 Å². The summed E-state index contributed by atoms with van der Waals surface area (Å²) in [6.07, 6.45) is 2.92. The smallest absolute Gasteiger partial charge is 0.275 e. The van der Waals surface area contributed by atoms with Crippen LogP contribution in [-0.4, -0.2) is 21.4 Å². The third kappa shape index (κ3) is 3.94. The number of benzene rings is 2. The second-order valence-electron chi connectivity index (χ2n) is 7.43. The lowest BCUT2D eigenvalue weighted by Crippen LogP contribution is -2.28. The van der Waals surface area contributed by atoms with Crippen LogP contribution in [0.25, 0.3) is 16.6 Å². The van der Waals surface area contributed by atoms with E-state index in [1.807, 2.05) is 65.2 Å². The largest absolute Gasteiger partial charge is 0.356 e. The molecule has 1 amide bonds. The molecule has 0 saturated carbocycles. The maximum absolute atomic E-state index is 12.9. The fourth-order valence-electron chi connectivity index (χ4n) is 3.78. The van der Waals surface area contributed by atoms with Crippen LogP contribution in [0.2, 0.25) is 0 Å². The number of para-hydroxylation sites is 2. The van der Waals surface area contributed by atoms with Crippen molar-refractivity contribution >= 4 is 22.5 Å². The first-order valence-electron chi connectivity index (χ1n) is 10.1. The molecule has 2 heterocycles. The number of aryl methyl sites for hydroxylation is 1. The van der Waals surface area contributed by atoms with Crippen molar-refractivity contribution in [1.29, 1.82) is 0 Å². The summed E-state index contributed by atoms with van der Waals surface area (Å²) in [6, 6.07) is 21.8. The van der Waals surface area contributed by atoms with E-state index in [-0.39, 0.29) is 17.4 Å². The van der Waals surface area contributed by atoms with Gasteiger partial charge in [0, 0.05) is 25.7 Å². The summed E-state index contributed by atoms with van der Waals surface area (Å²) in [4.78, 5) is 25.2. The molecule has 0 aliphatic rings. The second-order valence-corrected chi connectivity index (χ2v) is 7.43. The van der Waals surface area contributed by atoms with Crippen molar-refractivity contribution < 1.29 is 4.79 Å². The van der Waals surface area contributed by atoms with E-state index < -0.39 is 0 Å². The van der Waals surface area contributed by atoms with Gasteiger partial charge in [-0.1, -0.05) is 49.4 Å².